The molecule has 0 unspecified atom stereocenters. The maximum absolute atomic E-state index is 13.6. The number of sulfonamides is 1. The summed E-state index contributed by atoms with van der Waals surface area (Å²) in [6, 6.07) is 6.25. The first-order valence-electron chi connectivity index (χ1n) is 9.11. The molecule has 0 bridgehead atoms. The fourth-order valence-electron chi connectivity index (χ4n) is 2.89. The minimum absolute atomic E-state index is 0.0421. The number of aromatic nitrogens is 3. The average Bonchev–Trinajstić information content (AvgIpc) is 2.74. The van der Waals surface area contributed by atoms with Gasteiger partial charge >= 0.3 is 6.18 Å². The van der Waals surface area contributed by atoms with E-state index in [0.717, 1.165) is 12.3 Å². The Morgan fingerprint density at radius 1 is 1.12 bits per heavy atom. The topological polar surface area (TPSA) is 114 Å². The molecule has 0 spiro atoms. The van der Waals surface area contributed by atoms with Crippen molar-refractivity contribution in [2.75, 3.05) is 25.6 Å². The second kappa shape index (κ2) is 9.38. The van der Waals surface area contributed by atoms with Crippen molar-refractivity contribution in [2.45, 2.75) is 11.3 Å². The number of halogens is 3. The smallest absolute Gasteiger partial charge is 0.349 e. The number of pyridine rings is 1. The third-order valence-corrected chi connectivity index (χ3v) is 5.53. The molecule has 0 aliphatic rings. The van der Waals surface area contributed by atoms with Crippen LogP contribution >= 0.6 is 11.8 Å². The van der Waals surface area contributed by atoms with Crippen LogP contribution in [0.15, 0.2) is 41.7 Å². The van der Waals surface area contributed by atoms with Crippen molar-refractivity contribution in [2.24, 2.45) is 0 Å². The Kier molecular flexibility index (Phi) is 7.00. The zero-order chi connectivity index (χ0) is 23.5. The second-order valence-electron chi connectivity index (χ2n) is 6.62. The van der Waals surface area contributed by atoms with E-state index in [4.69, 9.17) is 0 Å². The zero-order valence-electron chi connectivity index (χ0n) is 16.9. The van der Waals surface area contributed by atoms with Gasteiger partial charge in [0.05, 0.1) is 11.8 Å². The number of nitrogens with zero attached hydrogens (tertiary/aromatic N) is 3. The van der Waals surface area contributed by atoms with Gasteiger partial charge in [0, 0.05) is 30.2 Å². The molecule has 0 atom stereocenters. The van der Waals surface area contributed by atoms with Crippen molar-refractivity contribution in [3.8, 4) is 11.1 Å². The first-order valence-corrected chi connectivity index (χ1v) is 12.2. The SMILES string of the molecule is CSc1ncc2cc(-c3ccccc3C(F)(F)F)c(C(=O)NCCNS(C)(=O)=O)nc2n1. The van der Waals surface area contributed by atoms with Gasteiger partial charge in [0.1, 0.15) is 5.69 Å². The van der Waals surface area contributed by atoms with E-state index >= 15 is 0 Å². The second-order valence-corrected chi connectivity index (χ2v) is 9.23. The van der Waals surface area contributed by atoms with Gasteiger partial charge in [0.15, 0.2) is 10.8 Å². The summed E-state index contributed by atoms with van der Waals surface area (Å²) in [6.07, 6.45) is -0.511. The molecule has 0 fully saturated rings. The highest BCUT2D eigenvalue weighted by atomic mass is 32.2. The van der Waals surface area contributed by atoms with Gasteiger partial charge in [-0.05, 0) is 24.0 Å². The van der Waals surface area contributed by atoms with Crippen LogP contribution in [0.1, 0.15) is 16.1 Å². The van der Waals surface area contributed by atoms with Crippen LogP contribution in [0.3, 0.4) is 0 Å². The van der Waals surface area contributed by atoms with Crippen LogP contribution in [-0.4, -0.2) is 54.9 Å². The van der Waals surface area contributed by atoms with Crippen molar-refractivity contribution in [3.05, 3.63) is 47.8 Å². The van der Waals surface area contributed by atoms with Crippen molar-refractivity contribution in [1.29, 1.82) is 0 Å². The minimum Gasteiger partial charge on any atom is -0.349 e. The summed E-state index contributed by atoms with van der Waals surface area (Å²) in [5.41, 5.74) is -1.30. The largest absolute Gasteiger partial charge is 0.417 e. The lowest BCUT2D eigenvalue weighted by Crippen LogP contribution is -2.34. The highest BCUT2D eigenvalue weighted by Gasteiger charge is 2.34. The lowest BCUT2D eigenvalue weighted by Gasteiger charge is -2.16. The summed E-state index contributed by atoms with van der Waals surface area (Å²) >= 11 is 1.25. The van der Waals surface area contributed by atoms with Crippen LogP contribution in [-0.2, 0) is 16.2 Å². The molecule has 0 aliphatic carbocycles. The van der Waals surface area contributed by atoms with Crippen LogP contribution in [0.5, 0.6) is 0 Å². The van der Waals surface area contributed by atoms with Gasteiger partial charge in [-0.15, -0.1) is 0 Å². The van der Waals surface area contributed by atoms with E-state index < -0.39 is 27.7 Å². The Balaban J connectivity index is 2.10. The monoisotopic (exact) mass is 485 g/mol. The average molecular weight is 486 g/mol. The molecule has 1 amide bonds. The summed E-state index contributed by atoms with van der Waals surface area (Å²) < 4.78 is 65.4. The molecule has 170 valence electrons. The minimum atomic E-state index is -4.65. The van der Waals surface area contributed by atoms with Crippen LogP contribution in [0.2, 0.25) is 0 Å². The highest BCUT2D eigenvalue weighted by molar-refractivity contribution is 7.98. The molecule has 3 rings (SSSR count). The molecule has 32 heavy (non-hydrogen) atoms. The molecule has 2 N–H and O–H groups in total. The number of amides is 1. The van der Waals surface area contributed by atoms with Crippen molar-refractivity contribution in [1.82, 2.24) is 25.0 Å². The van der Waals surface area contributed by atoms with E-state index in [1.165, 1.54) is 42.2 Å². The van der Waals surface area contributed by atoms with Gasteiger partial charge in [-0.25, -0.2) is 28.1 Å². The van der Waals surface area contributed by atoms with Crippen LogP contribution in [0.25, 0.3) is 22.2 Å². The van der Waals surface area contributed by atoms with Gasteiger partial charge in [0.25, 0.3) is 5.91 Å². The van der Waals surface area contributed by atoms with Gasteiger partial charge in [-0.2, -0.15) is 13.2 Å². The predicted octanol–water partition coefficient (Wildman–Crippen LogP) is 2.71. The third kappa shape index (κ3) is 5.72. The third-order valence-electron chi connectivity index (χ3n) is 4.24. The lowest BCUT2D eigenvalue weighted by atomic mass is 9.96. The van der Waals surface area contributed by atoms with Gasteiger partial charge < -0.3 is 5.32 Å². The molecule has 0 aliphatic heterocycles. The molecule has 0 saturated carbocycles. The lowest BCUT2D eigenvalue weighted by molar-refractivity contribution is -0.137. The molecular formula is C19H18F3N5O3S2. The fourth-order valence-corrected chi connectivity index (χ4v) is 3.69. The Labute approximate surface area is 186 Å². The van der Waals surface area contributed by atoms with Crippen LogP contribution in [0, 0.1) is 0 Å². The van der Waals surface area contributed by atoms with Gasteiger partial charge in [-0.3, -0.25) is 4.79 Å². The number of hydrogen-bond acceptors (Lipinski definition) is 7. The molecule has 2 heterocycles. The van der Waals surface area contributed by atoms with Gasteiger partial charge in [0.2, 0.25) is 10.0 Å². The van der Waals surface area contributed by atoms with Crippen molar-refractivity contribution >= 4 is 38.7 Å². The van der Waals surface area contributed by atoms with Gasteiger partial charge in [-0.1, -0.05) is 30.0 Å². The first kappa shape index (κ1) is 23.9. The molecule has 8 nitrogen and oxygen atoms in total. The number of nitrogens with one attached hydrogen (secondary N) is 2. The Morgan fingerprint density at radius 2 is 1.84 bits per heavy atom. The van der Waals surface area contributed by atoms with E-state index in [-0.39, 0.29) is 35.6 Å². The number of thioether (sulfide) groups is 1. The predicted molar refractivity (Wildman–Crippen MR) is 115 cm³/mol. The number of hydrogen-bond donors (Lipinski definition) is 2. The van der Waals surface area contributed by atoms with E-state index in [9.17, 15) is 26.4 Å². The summed E-state index contributed by atoms with van der Waals surface area (Å²) in [5.74, 6) is -0.765. The van der Waals surface area contributed by atoms with E-state index in [1.54, 1.807) is 6.26 Å². The number of alkyl halides is 3. The normalized spacial score (nSPS) is 12.2. The molecule has 3 aromatic rings. The maximum Gasteiger partial charge on any atom is 0.417 e. The Morgan fingerprint density at radius 3 is 2.50 bits per heavy atom. The summed E-state index contributed by atoms with van der Waals surface area (Å²) in [5, 5.41) is 3.23. The summed E-state index contributed by atoms with van der Waals surface area (Å²) in [6.45, 7) is -0.183. The standard InChI is InChI=1S/C19H18F3N5O3S2/c1-31-18-24-10-11-9-13(12-5-3-4-6-14(12)19(20,21)22)15(26-16(11)27-18)17(28)23-7-8-25-32(2,29)30/h3-6,9-10,25H,7-8H2,1-2H3,(H,23,28). The van der Waals surface area contributed by atoms with E-state index in [2.05, 4.69) is 25.0 Å². The molecular weight excluding hydrogens is 467 g/mol. The maximum atomic E-state index is 13.6. The molecule has 0 saturated heterocycles. The molecule has 1 aromatic carbocycles. The number of carbonyl (C=O) groups is 1. The highest BCUT2D eigenvalue weighted by Crippen LogP contribution is 2.38. The van der Waals surface area contributed by atoms with Crippen LogP contribution < -0.4 is 10.0 Å². The summed E-state index contributed by atoms with van der Waals surface area (Å²) in [4.78, 5) is 25.4. The number of fused-ring (bicyclic) bond motifs is 1. The number of carbonyl (C=O) groups excluding carboxylic acids is 1. The first-order chi connectivity index (χ1) is 15.0. The Bertz CT molecular complexity index is 1270. The van der Waals surface area contributed by atoms with Crippen LogP contribution in [0.4, 0.5) is 13.2 Å². The zero-order valence-corrected chi connectivity index (χ0v) is 18.5. The van der Waals surface area contributed by atoms with Crippen molar-refractivity contribution in [3.63, 3.8) is 0 Å². The quantitative estimate of drug-likeness (QED) is 0.300. The molecule has 0 radical (unpaired) electrons. The number of benzene rings is 1. The van der Waals surface area contributed by atoms with E-state index in [0.29, 0.717) is 10.5 Å². The Hall–Kier alpha value is -2.77. The fraction of sp³-hybridized carbons (Fsp3) is 0.263. The molecule has 13 heteroatoms. The molecule has 2 aromatic heterocycles. The van der Waals surface area contributed by atoms with E-state index in [1.807, 2.05) is 0 Å². The van der Waals surface area contributed by atoms with Crippen molar-refractivity contribution < 1.29 is 26.4 Å². The number of rotatable bonds is 7. The summed E-state index contributed by atoms with van der Waals surface area (Å²) in [7, 11) is -3.46.